The lowest BCUT2D eigenvalue weighted by atomic mass is 9.95. The van der Waals surface area contributed by atoms with E-state index in [0.29, 0.717) is 5.56 Å². The first-order chi connectivity index (χ1) is 13.4. The van der Waals surface area contributed by atoms with Gasteiger partial charge in [0.05, 0.1) is 30.3 Å². The van der Waals surface area contributed by atoms with Crippen molar-refractivity contribution in [3.63, 3.8) is 0 Å². The Balaban J connectivity index is 2.21. The van der Waals surface area contributed by atoms with Gasteiger partial charge in [0.15, 0.2) is 0 Å². The lowest BCUT2D eigenvalue weighted by molar-refractivity contribution is -0.143. The van der Waals surface area contributed by atoms with Crippen LogP contribution >= 0.6 is 0 Å². The summed E-state index contributed by atoms with van der Waals surface area (Å²) in [7, 11) is 0. The van der Waals surface area contributed by atoms with E-state index in [4.69, 9.17) is 9.47 Å². The van der Waals surface area contributed by atoms with Crippen LogP contribution in [0.4, 0.5) is 4.79 Å². The maximum absolute atomic E-state index is 12.5. The zero-order valence-electron chi connectivity index (χ0n) is 15.7. The van der Waals surface area contributed by atoms with Crippen LogP contribution in [0.25, 0.3) is 0 Å². The third kappa shape index (κ3) is 5.83. The molecule has 9 nitrogen and oxygen atoms in total. The quantitative estimate of drug-likeness (QED) is 0.569. The second-order valence-corrected chi connectivity index (χ2v) is 5.95. The number of benzene rings is 1. The highest BCUT2D eigenvalue weighted by molar-refractivity contribution is 5.95. The van der Waals surface area contributed by atoms with Gasteiger partial charge in [-0.2, -0.15) is 0 Å². The molecule has 1 aromatic carbocycles. The van der Waals surface area contributed by atoms with Crippen molar-refractivity contribution in [3.05, 3.63) is 47.2 Å². The summed E-state index contributed by atoms with van der Waals surface area (Å²) in [5.74, 6) is -1.45. The number of urea groups is 1. The third-order valence-corrected chi connectivity index (χ3v) is 3.86. The molecule has 1 aromatic rings. The molecule has 1 aliphatic rings. The lowest BCUT2D eigenvalue weighted by Gasteiger charge is -2.29. The molecule has 2 rings (SSSR count). The molecule has 0 fully saturated rings. The first-order valence-electron chi connectivity index (χ1n) is 8.85. The van der Waals surface area contributed by atoms with Crippen LogP contribution in [0.5, 0.6) is 0 Å². The zero-order valence-corrected chi connectivity index (χ0v) is 15.7. The molecule has 150 valence electrons. The highest BCUT2D eigenvalue weighted by atomic mass is 16.5. The van der Waals surface area contributed by atoms with E-state index in [9.17, 15) is 19.2 Å². The summed E-state index contributed by atoms with van der Waals surface area (Å²) in [5.41, 5.74) is 1.01. The van der Waals surface area contributed by atoms with E-state index in [1.54, 1.807) is 31.2 Å². The molecule has 9 heteroatoms. The van der Waals surface area contributed by atoms with Crippen LogP contribution in [-0.4, -0.2) is 43.6 Å². The molecule has 1 heterocycles. The molecule has 3 N–H and O–H groups in total. The van der Waals surface area contributed by atoms with Gasteiger partial charge in [-0.05, 0) is 12.5 Å². The van der Waals surface area contributed by atoms with Gasteiger partial charge in [-0.25, -0.2) is 9.59 Å². The minimum atomic E-state index is -0.734. The van der Waals surface area contributed by atoms with Gasteiger partial charge in [0.1, 0.15) is 6.61 Å². The first kappa shape index (κ1) is 20.9. The van der Waals surface area contributed by atoms with Crippen LogP contribution in [-0.2, 0) is 23.9 Å². The van der Waals surface area contributed by atoms with E-state index in [1.807, 2.05) is 6.07 Å². The number of esters is 2. The van der Waals surface area contributed by atoms with Crippen LogP contribution in [0.3, 0.4) is 0 Å². The molecule has 0 saturated heterocycles. The van der Waals surface area contributed by atoms with Crippen LogP contribution in [0.15, 0.2) is 41.6 Å². The largest absolute Gasteiger partial charge is 0.463 e. The molecule has 3 amide bonds. The van der Waals surface area contributed by atoms with E-state index >= 15 is 0 Å². The number of rotatable bonds is 8. The molecule has 28 heavy (non-hydrogen) atoms. The normalized spacial score (nSPS) is 15.9. The van der Waals surface area contributed by atoms with E-state index in [2.05, 4.69) is 16.0 Å². The number of nitrogens with one attached hydrogen (secondary N) is 3. The van der Waals surface area contributed by atoms with Gasteiger partial charge in [-0.15, -0.1) is 0 Å². The number of carbonyl (C=O) groups is 4. The number of carbonyl (C=O) groups excluding carboxylic acids is 4. The van der Waals surface area contributed by atoms with Gasteiger partial charge in [0.2, 0.25) is 5.91 Å². The number of hydrogen-bond acceptors (Lipinski definition) is 6. The number of amides is 3. The minimum absolute atomic E-state index is 0.0318. The maximum atomic E-state index is 12.5. The number of hydrogen-bond donors (Lipinski definition) is 3. The average Bonchev–Trinajstić information content (AvgIpc) is 2.66. The summed E-state index contributed by atoms with van der Waals surface area (Å²) < 4.78 is 10.3. The molecule has 0 aliphatic carbocycles. The highest BCUT2D eigenvalue weighted by Gasteiger charge is 2.34. The Morgan fingerprint density at radius 2 is 1.86 bits per heavy atom. The van der Waals surface area contributed by atoms with Gasteiger partial charge in [-0.1, -0.05) is 30.3 Å². The Labute approximate surface area is 162 Å². The van der Waals surface area contributed by atoms with Gasteiger partial charge in [0.25, 0.3) is 0 Å². The van der Waals surface area contributed by atoms with Crippen LogP contribution in [0.1, 0.15) is 31.9 Å². The van der Waals surface area contributed by atoms with Gasteiger partial charge in [0, 0.05) is 13.5 Å². The fourth-order valence-electron chi connectivity index (χ4n) is 2.64. The SMILES string of the molecule is CCOC(=O)C1=C(COC(=O)CCNC(C)=O)NC(=O)N[C@H]1c1ccccc1. The monoisotopic (exact) mass is 389 g/mol. The second kappa shape index (κ2) is 10.1. The molecule has 1 aliphatic heterocycles. The van der Waals surface area contributed by atoms with Crippen molar-refractivity contribution < 1.29 is 28.7 Å². The van der Waals surface area contributed by atoms with E-state index in [0.717, 1.165) is 0 Å². The highest BCUT2D eigenvalue weighted by Crippen LogP contribution is 2.27. The summed E-state index contributed by atoms with van der Waals surface area (Å²) in [6.45, 7) is 3.01. The van der Waals surface area contributed by atoms with Gasteiger partial charge in [-0.3, -0.25) is 9.59 Å². The molecule has 0 aromatic heterocycles. The van der Waals surface area contributed by atoms with Crippen molar-refractivity contribution in [3.8, 4) is 0 Å². The minimum Gasteiger partial charge on any atom is -0.463 e. The fourth-order valence-corrected chi connectivity index (χ4v) is 2.64. The summed E-state index contributed by atoms with van der Waals surface area (Å²) >= 11 is 0. The van der Waals surface area contributed by atoms with Crippen molar-refractivity contribution in [2.75, 3.05) is 19.8 Å². The molecule has 0 radical (unpaired) electrons. The molecule has 1 atom stereocenters. The second-order valence-electron chi connectivity index (χ2n) is 5.95. The van der Waals surface area contributed by atoms with E-state index < -0.39 is 24.0 Å². The van der Waals surface area contributed by atoms with Crippen molar-refractivity contribution in [1.82, 2.24) is 16.0 Å². The van der Waals surface area contributed by atoms with E-state index in [-0.39, 0.29) is 43.4 Å². The Morgan fingerprint density at radius 1 is 1.14 bits per heavy atom. The molecule has 0 bridgehead atoms. The van der Waals surface area contributed by atoms with Crippen molar-refractivity contribution in [2.24, 2.45) is 0 Å². The topological polar surface area (TPSA) is 123 Å². The summed E-state index contributed by atoms with van der Waals surface area (Å²) in [5, 5.41) is 7.69. The van der Waals surface area contributed by atoms with Gasteiger partial charge < -0.3 is 25.4 Å². The molecular formula is C19H23N3O6. The van der Waals surface area contributed by atoms with Crippen LogP contribution in [0.2, 0.25) is 0 Å². The summed E-state index contributed by atoms with van der Waals surface area (Å²) in [6.07, 6.45) is -0.0318. The predicted octanol–water partition coefficient (Wildman–Crippen LogP) is 0.927. The molecule has 0 unspecified atom stereocenters. The van der Waals surface area contributed by atoms with Crippen molar-refractivity contribution in [1.29, 1.82) is 0 Å². The molecule has 0 spiro atoms. The fraction of sp³-hybridized carbons (Fsp3) is 0.368. The smallest absolute Gasteiger partial charge is 0.338 e. The Bertz CT molecular complexity index is 775. The Hall–Kier alpha value is -3.36. The standard InChI is InChI=1S/C19H23N3O6/c1-3-27-18(25)16-14(11-28-15(24)9-10-20-12(2)23)21-19(26)22-17(16)13-7-5-4-6-8-13/h4-8,17H,3,9-11H2,1-2H3,(H,20,23)(H2,21,22,26)/t17-/m0/s1. The summed E-state index contributed by atoms with van der Waals surface area (Å²) in [6, 6.07) is 7.67. The molecule has 0 saturated carbocycles. The van der Waals surface area contributed by atoms with Crippen LogP contribution < -0.4 is 16.0 Å². The lowest BCUT2D eigenvalue weighted by Crippen LogP contribution is -2.47. The Kier molecular flexibility index (Phi) is 7.55. The predicted molar refractivity (Wildman–Crippen MR) is 98.8 cm³/mol. The van der Waals surface area contributed by atoms with E-state index in [1.165, 1.54) is 6.92 Å². The van der Waals surface area contributed by atoms with Crippen LogP contribution in [0, 0.1) is 0 Å². The third-order valence-electron chi connectivity index (χ3n) is 3.86. The first-order valence-corrected chi connectivity index (χ1v) is 8.85. The Morgan fingerprint density at radius 3 is 2.50 bits per heavy atom. The maximum Gasteiger partial charge on any atom is 0.338 e. The van der Waals surface area contributed by atoms with Crippen molar-refractivity contribution in [2.45, 2.75) is 26.3 Å². The average molecular weight is 389 g/mol. The van der Waals surface area contributed by atoms with Crippen molar-refractivity contribution >= 4 is 23.9 Å². The van der Waals surface area contributed by atoms with Gasteiger partial charge >= 0.3 is 18.0 Å². The molecular weight excluding hydrogens is 366 g/mol. The summed E-state index contributed by atoms with van der Waals surface area (Å²) in [4.78, 5) is 47.3. The number of ether oxygens (including phenoxy) is 2. The zero-order chi connectivity index (χ0) is 20.5.